The Hall–Kier alpha value is -1.87. The van der Waals surface area contributed by atoms with Crippen molar-refractivity contribution in [1.29, 1.82) is 0 Å². The van der Waals surface area contributed by atoms with E-state index in [4.69, 9.17) is 5.73 Å². The zero-order chi connectivity index (χ0) is 12.8. The van der Waals surface area contributed by atoms with Crippen molar-refractivity contribution < 1.29 is 0 Å². The van der Waals surface area contributed by atoms with Crippen molar-refractivity contribution in [3.8, 4) is 0 Å². The summed E-state index contributed by atoms with van der Waals surface area (Å²) >= 11 is 0. The maximum Gasteiger partial charge on any atom is 0.0665 e. The number of hydrogen-bond donors (Lipinski definition) is 1. The lowest BCUT2D eigenvalue weighted by Crippen LogP contribution is -2.33. The Bertz CT molecular complexity index is 410. The van der Waals surface area contributed by atoms with Crippen molar-refractivity contribution in [2.24, 2.45) is 5.73 Å². The third kappa shape index (κ3) is 2.68. The van der Waals surface area contributed by atoms with Crippen molar-refractivity contribution in [3.63, 3.8) is 0 Å². The fourth-order valence-electron chi connectivity index (χ4n) is 2.23. The van der Waals surface area contributed by atoms with Gasteiger partial charge in [0.25, 0.3) is 0 Å². The largest absolute Gasteiger partial charge is 0.363 e. The van der Waals surface area contributed by atoms with Crippen LogP contribution in [0.1, 0.15) is 18.5 Å². The first-order valence-electron chi connectivity index (χ1n) is 6.28. The van der Waals surface area contributed by atoms with Gasteiger partial charge in [0, 0.05) is 31.2 Å². The number of nitrogens with two attached hydrogens (primary N) is 1. The molecule has 0 saturated carbocycles. The van der Waals surface area contributed by atoms with E-state index in [0.717, 1.165) is 6.54 Å². The van der Waals surface area contributed by atoms with Crippen molar-refractivity contribution >= 4 is 5.69 Å². The number of nitrogens with zero attached hydrogens (tertiary/aromatic N) is 2. The Morgan fingerprint density at radius 2 is 1.78 bits per heavy atom. The van der Waals surface area contributed by atoms with Gasteiger partial charge < -0.3 is 10.6 Å². The highest BCUT2D eigenvalue weighted by atomic mass is 15.2. The van der Waals surface area contributed by atoms with E-state index >= 15 is 0 Å². The summed E-state index contributed by atoms with van der Waals surface area (Å²) in [7, 11) is 0. The first-order chi connectivity index (χ1) is 8.86. The average molecular weight is 241 g/mol. The summed E-state index contributed by atoms with van der Waals surface area (Å²) in [5, 5.41) is 0. The van der Waals surface area contributed by atoms with E-state index in [1.165, 1.54) is 11.3 Å². The first-order valence-corrected chi connectivity index (χ1v) is 6.28. The van der Waals surface area contributed by atoms with Crippen LogP contribution >= 0.6 is 0 Å². The van der Waals surface area contributed by atoms with Crippen LogP contribution in [0, 0.1) is 0 Å². The van der Waals surface area contributed by atoms with Crippen LogP contribution in [0.15, 0.2) is 54.9 Å². The Morgan fingerprint density at radius 1 is 1.11 bits per heavy atom. The lowest BCUT2D eigenvalue weighted by atomic mass is 10.1. The quantitative estimate of drug-likeness (QED) is 0.875. The molecule has 2 N–H and O–H groups in total. The second-order valence-corrected chi connectivity index (χ2v) is 4.15. The molecule has 1 atom stereocenters. The summed E-state index contributed by atoms with van der Waals surface area (Å²) < 4.78 is 0. The summed E-state index contributed by atoms with van der Waals surface area (Å²) in [6.45, 7) is 3.66. The molecule has 2 rings (SSSR count). The predicted octanol–water partition coefficient (Wildman–Crippen LogP) is 2.61. The molecule has 18 heavy (non-hydrogen) atoms. The predicted molar refractivity (Wildman–Crippen MR) is 75.5 cm³/mol. The summed E-state index contributed by atoms with van der Waals surface area (Å²) in [4.78, 5) is 6.38. The van der Waals surface area contributed by atoms with E-state index in [9.17, 15) is 0 Å². The highest BCUT2D eigenvalue weighted by Gasteiger charge is 2.17. The normalized spacial score (nSPS) is 12.1. The van der Waals surface area contributed by atoms with Crippen LogP contribution in [0.4, 0.5) is 5.69 Å². The molecule has 2 aromatic rings. The minimum absolute atomic E-state index is 0.195. The van der Waals surface area contributed by atoms with Crippen molar-refractivity contribution in [2.45, 2.75) is 13.0 Å². The van der Waals surface area contributed by atoms with Crippen LogP contribution < -0.4 is 10.6 Å². The van der Waals surface area contributed by atoms with Crippen LogP contribution in [-0.2, 0) is 0 Å². The standard InChI is InChI=1S/C15H19N3/c1-2-18(14-6-4-3-5-7-14)15(12-16)13-8-10-17-11-9-13/h3-11,15H,2,12,16H2,1H3. The van der Waals surface area contributed by atoms with Crippen molar-refractivity contribution in [1.82, 2.24) is 4.98 Å². The monoisotopic (exact) mass is 241 g/mol. The third-order valence-corrected chi connectivity index (χ3v) is 3.12. The molecule has 0 bridgehead atoms. The summed E-state index contributed by atoms with van der Waals surface area (Å²) in [6, 6.07) is 14.6. The molecule has 1 heterocycles. The van der Waals surface area contributed by atoms with Crippen LogP contribution in [0.5, 0.6) is 0 Å². The molecule has 0 amide bonds. The van der Waals surface area contributed by atoms with Crippen LogP contribution in [0.3, 0.4) is 0 Å². The second kappa shape index (κ2) is 6.17. The molecule has 1 aromatic carbocycles. The fourth-order valence-corrected chi connectivity index (χ4v) is 2.23. The molecule has 1 unspecified atom stereocenters. The van der Waals surface area contributed by atoms with Gasteiger partial charge in [0.1, 0.15) is 0 Å². The summed E-state index contributed by atoms with van der Waals surface area (Å²) in [6.07, 6.45) is 3.63. The first kappa shape index (κ1) is 12.6. The maximum absolute atomic E-state index is 5.96. The highest BCUT2D eigenvalue weighted by molar-refractivity contribution is 5.48. The van der Waals surface area contributed by atoms with E-state index in [2.05, 4.69) is 41.1 Å². The van der Waals surface area contributed by atoms with Gasteiger partial charge >= 0.3 is 0 Å². The fraction of sp³-hybridized carbons (Fsp3) is 0.267. The van der Waals surface area contributed by atoms with Gasteiger partial charge in [0.2, 0.25) is 0 Å². The molecule has 1 aromatic heterocycles. The maximum atomic E-state index is 5.96. The third-order valence-electron chi connectivity index (χ3n) is 3.12. The molecular weight excluding hydrogens is 222 g/mol. The Balaban J connectivity index is 2.31. The lowest BCUT2D eigenvalue weighted by molar-refractivity contribution is 0.642. The van der Waals surface area contributed by atoms with Gasteiger partial charge in [-0.15, -0.1) is 0 Å². The summed E-state index contributed by atoms with van der Waals surface area (Å²) in [5.41, 5.74) is 8.36. The zero-order valence-corrected chi connectivity index (χ0v) is 10.7. The molecule has 0 aliphatic heterocycles. The lowest BCUT2D eigenvalue weighted by Gasteiger charge is -2.32. The number of hydrogen-bond acceptors (Lipinski definition) is 3. The minimum atomic E-state index is 0.195. The van der Waals surface area contributed by atoms with Gasteiger partial charge in [-0.25, -0.2) is 0 Å². The van der Waals surface area contributed by atoms with Crippen LogP contribution in [0.2, 0.25) is 0 Å². The number of likely N-dealkylation sites (N-methyl/N-ethyl adjacent to an activating group) is 1. The Labute approximate surface area is 108 Å². The van der Waals surface area contributed by atoms with Gasteiger partial charge in [-0.2, -0.15) is 0 Å². The number of para-hydroxylation sites is 1. The van der Waals surface area contributed by atoms with E-state index in [1.54, 1.807) is 0 Å². The van der Waals surface area contributed by atoms with E-state index in [1.807, 2.05) is 30.6 Å². The molecule has 0 aliphatic carbocycles. The highest BCUT2D eigenvalue weighted by Crippen LogP contribution is 2.25. The molecule has 0 aliphatic rings. The Kier molecular flexibility index (Phi) is 4.31. The number of benzene rings is 1. The second-order valence-electron chi connectivity index (χ2n) is 4.15. The van der Waals surface area contributed by atoms with Crippen LogP contribution in [0.25, 0.3) is 0 Å². The molecule has 3 nitrogen and oxygen atoms in total. The number of anilines is 1. The van der Waals surface area contributed by atoms with Gasteiger partial charge in [0.05, 0.1) is 6.04 Å². The number of rotatable bonds is 5. The molecule has 3 heteroatoms. The van der Waals surface area contributed by atoms with Crippen LogP contribution in [-0.4, -0.2) is 18.1 Å². The van der Waals surface area contributed by atoms with E-state index < -0.39 is 0 Å². The molecule has 94 valence electrons. The van der Waals surface area contributed by atoms with Crippen molar-refractivity contribution in [2.75, 3.05) is 18.0 Å². The molecule has 0 saturated heterocycles. The van der Waals surface area contributed by atoms with Crippen molar-refractivity contribution in [3.05, 3.63) is 60.4 Å². The molecule has 0 fully saturated rings. The minimum Gasteiger partial charge on any atom is -0.363 e. The smallest absolute Gasteiger partial charge is 0.0665 e. The van der Waals surface area contributed by atoms with Gasteiger partial charge in [-0.05, 0) is 36.8 Å². The average Bonchev–Trinajstić information content (AvgIpc) is 2.46. The summed E-state index contributed by atoms with van der Waals surface area (Å²) in [5.74, 6) is 0. The van der Waals surface area contributed by atoms with E-state index in [-0.39, 0.29) is 6.04 Å². The SMILES string of the molecule is CCN(c1ccccc1)C(CN)c1ccncc1. The number of aromatic nitrogens is 1. The Morgan fingerprint density at radius 3 is 2.33 bits per heavy atom. The van der Waals surface area contributed by atoms with Gasteiger partial charge in [-0.1, -0.05) is 18.2 Å². The zero-order valence-electron chi connectivity index (χ0n) is 10.7. The van der Waals surface area contributed by atoms with E-state index in [0.29, 0.717) is 6.54 Å². The molecular formula is C15H19N3. The topological polar surface area (TPSA) is 42.1 Å². The van der Waals surface area contributed by atoms with Gasteiger partial charge in [-0.3, -0.25) is 4.98 Å². The van der Waals surface area contributed by atoms with Gasteiger partial charge in [0.15, 0.2) is 0 Å². The molecule has 0 radical (unpaired) electrons. The number of pyridine rings is 1. The molecule has 0 spiro atoms.